The van der Waals surface area contributed by atoms with Crippen LogP contribution in [0.4, 0.5) is 0 Å². The molecule has 0 fully saturated rings. The van der Waals surface area contributed by atoms with E-state index in [0.717, 1.165) is 15.1 Å². The zero-order valence-corrected chi connectivity index (χ0v) is 10.0. The quantitative estimate of drug-likeness (QED) is 0.800. The van der Waals surface area contributed by atoms with Crippen molar-refractivity contribution in [2.24, 2.45) is 0 Å². The summed E-state index contributed by atoms with van der Waals surface area (Å²) in [6.07, 6.45) is 0.232. The van der Waals surface area contributed by atoms with Gasteiger partial charge in [0.15, 0.2) is 0 Å². The fourth-order valence-corrected chi connectivity index (χ4v) is 1.49. The third-order valence-corrected chi connectivity index (χ3v) is 2.44. The highest BCUT2D eigenvalue weighted by Gasteiger charge is 2.02. The van der Waals surface area contributed by atoms with Crippen LogP contribution in [0.2, 0.25) is 5.02 Å². The van der Waals surface area contributed by atoms with Crippen LogP contribution in [0, 0.1) is 0 Å². The molecule has 72 valence electrons. The van der Waals surface area contributed by atoms with Crippen LogP contribution in [0.3, 0.4) is 0 Å². The minimum absolute atomic E-state index is 0.232. The molecule has 0 aliphatic heterocycles. The third-order valence-electron chi connectivity index (χ3n) is 1.58. The smallest absolute Gasteiger partial charge is 0.0735 e. The molecule has 0 N–H and O–H groups in total. The second kappa shape index (κ2) is 4.99. The molecule has 0 radical (unpaired) electrons. The molecular formula is C10H12BrClO. The van der Waals surface area contributed by atoms with Gasteiger partial charge < -0.3 is 4.74 Å². The summed E-state index contributed by atoms with van der Waals surface area (Å²) in [4.78, 5) is 0. The second-order valence-electron chi connectivity index (χ2n) is 3.10. The molecule has 0 unspecified atom stereocenters. The highest BCUT2D eigenvalue weighted by molar-refractivity contribution is 9.10. The van der Waals surface area contributed by atoms with Gasteiger partial charge in [0.25, 0.3) is 0 Å². The molecule has 0 heterocycles. The summed E-state index contributed by atoms with van der Waals surface area (Å²) < 4.78 is 6.49. The van der Waals surface area contributed by atoms with Gasteiger partial charge in [0.1, 0.15) is 0 Å². The van der Waals surface area contributed by atoms with Crippen LogP contribution in [-0.2, 0) is 11.3 Å². The number of rotatable bonds is 3. The van der Waals surface area contributed by atoms with Crippen molar-refractivity contribution in [3.05, 3.63) is 33.3 Å². The van der Waals surface area contributed by atoms with E-state index in [1.54, 1.807) is 0 Å². The van der Waals surface area contributed by atoms with E-state index in [-0.39, 0.29) is 6.10 Å². The first-order chi connectivity index (χ1) is 6.09. The second-order valence-corrected chi connectivity index (χ2v) is 4.42. The molecule has 13 heavy (non-hydrogen) atoms. The molecule has 1 aromatic carbocycles. The average Bonchev–Trinajstić information content (AvgIpc) is 2.06. The Morgan fingerprint density at radius 1 is 1.46 bits per heavy atom. The van der Waals surface area contributed by atoms with Gasteiger partial charge in [-0.3, -0.25) is 0 Å². The number of ether oxygens (including phenoxy) is 1. The number of hydrogen-bond donors (Lipinski definition) is 0. The van der Waals surface area contributed by atoms with E-state index in [9.17, 15) is 0 Å². The molecule has 0 aromatic heterocycles. The molecule has 1 nitrogen and oxygen atoms in total. The lowest BCUT2D eigenvalue weighted by Crippen LogP contribution is -2.02. The molecule has 0 saturated heterocycles. The Morgan fingerprint density at radius 2 is 2.15 bits per heavy atom. The Bertz CT molecular complexity index is 286. The topological polar surface area (TPSA) is 9.23 Å². The normalized spacial score (nSPS) is 10.8. The molecule has 0 amide bonds. The van der Waals surface area contributed by atoms with E-state index in [1.807, 2.05) is 32.0 Å². The standard InChI is InChI=1S/C10H12BrClO/c1-7(2)13-6-8-5-9(11)3-4-10(8)12/h3-5,7H,6H2,1-2H3. The maximum Gasteiger partial charge on any atom is 0.0735 e. The van der Waals surface area contributed by atoms with Gasteiger partial charge in [-0.1, -0.05) is 27.5 Å². The van der Waals surface area contributed by atoms with Gasteiger partial charge in [0, 0.05) is 9.50 Å². The Kier molecular flexibility index (Phi) is 4.23. The van der Waals surface area contributed by atoms with E-state index in [0.29, 0.717) is 6.61 Å². The van der Waals surface area contributed by atoms with Crippen LogP contribution in [-0.4, -0.2) is 6.10 Å². The monoisotopic (exact) mass is 262 g/mol. The van der Waals surface area contributed by atoms with E-state index < -0.39 is 0 Å². The summed E-state index contributed by atoms with van der Waals surface area (Å²) in [6.45, 7) is 4.58. The Labute approximate surface area is 92.2 Å². The molecular weight excluding hydrogens is 251 g/mol. The predicted molar refractivity (Wildman–Crippen MR) is 59.1 cm³/mol. The van der Waals surface area contributed by atoms with Gasteiger partial charge in [-0.2, -0.15) is 0 Å². The van der Waals surface area contributed by atoms with Crippen LogP contribution < -0.4 is 0 Å². The lowest BCUT2D eigenvalue weighted by Gasteiger charge is -2.09. The predicted octanol–water partition coefficient (Wildman–Crippen LogP) is 4.03. The highest BCUT2D eigenvalue weighted by atomic mass is 79.9. The number of benzene rings is 1. The van der Waals surface area contributed by atoms with Crippen molar-refractivity contribution in [2.45, 2.75) is 26.6 Å². The lowest BCUT2D eigenvalue weighted by molar-refractivity contribution is 0.0657. The molecule has 0 bridgehead atoms. The lowest BCUT2D eigenvalue weighted by atomic mass is 10.2. The summed E-state index contributed by atoms with van der Waals surface area (Å²) in [5.41, 5.74) is 1.02. The zero-order valence-electron chi connectivity index (χ0n) is 7.68. The largest absolute Gasteiger partial charge is 0.374 e. The number of halogens is 2. The van der Waals surface area contributed by atoms with Crippen LogP contribution in [0.15, 0.2) is 22.7 Å². The Balaban J connectivity index is 2.70. The molecule has 0 atom stereocenters. The van der Waals surface area contributed by atoms with Crippen molar-refractivity contribution in [1.82, 2.24) is 0 Å². The van der Waals surface area contributed by atoms with E-state index >= 15 is 0 Å². The molecule has 1 aromatic rings. The first-order valence-corrected chi connectivity index (χ1v) is 5.32. The minimum Gasteiger partial charge on any atom is -0.374 e. The fraction of sp³-hybridized carbons (Fsp3) is 0.400. The van der Waals surface area contributed by atoms with Crippen LogP contribution in [0.1, 0.15) is 19.4 Å². The molecule has 3 heteroatoms. The SMILES string of the molecule is CC(C)OCc1cc(Br)ccc1Cl. The van der Waals surface area contributed by atoms with E-state index in [4.69, 9.17) is 16.3 Å². The first kappa shape index (κ1) is 11.0. The fourth-order valence-electron chi connectivity index (χ4n) is 0.910. The first-order valence-electron chi connectivity index (χ1n) is 4.15. The maximum absolute atomic E-state index is 5.98. The summed E-state index contributed by atoms with van der Waals surface area (Å²) >= 11 is 9.37. The van der Waals surface area contributed by atoms with Crippen molar-refractivity contribution >= 4 is 27.5 Å². The highest BCUT2D eigenvalue weighted by Crippen LogP contribution is 2.21. The van der Waals surface area contributed by atoms with Crippen molar-refractivity contribution in [2.75, 3.05) is 0 Å². The Hall–Kier alpha value is -0.0500. The molecule has 0 saturated carbocycles. The molecule has 1 rings (SSSR count). The van der Waals surface area contributed by atoms with Crippen molar-refractivity contribution in [3.8, 4) is 0 Å². The number of hydrogen-bond acceptors (Lipinski definition) is 1. The average molecular weight is 264 g/mol. The summed E-state index contributed by atoms with van der Waals surface area (Å²) in [5.74, 6) is 0. The maximum atomic E-state index is 5.98. The van der Waals surface area contributed by atoms with Gasteiger partial charge in [-0.15, -0.1) is 0 Å². The molecule has 0 aliphatic carbocycles. The van der Waals surface area contributed by atoms with Gasteiger partial charge >= 0.3 is 0 Å². The van der Waals surface area contributed by atoms with Gasteiger partial charge in [0.05, 0.1) is 12.7 Å². The van der Waals surface area contributed by atoms with Crippen LogP contribution in [0.5, 0.6) is 0 Å². The van der Waals surface area contributed by atoms with Crippen molar-refractivity contribution in [3.63, 3.8) is 0 Å². The zero-order chi connectivity index (χ0) is 9.84. The molecule has 0 spiro atoms. The Morgan fingerprint density at radius 3 is 2.77 bits per heavy atom. The minimum atomic E-state index is 0.232. The molecule has 0 aliphatic rings. The van der Waals surface area contributed by atoms with E-state index in [2.05, 4.69) is 15.9 Å². The van der Waals surface area contributed by atoms with Gasteiger partial charge in [-0.05, 0) is 37.6 Å². The van der Waals surface area contributed by atoms with E-state index in [1.165, 1.54) is 0 Å². The van der Waals surface area contributed by atoms with Gasteiger partial charge in [-0.25, -0.2) is 0 Å². The van der Waals surface area contributed by atoms with Crippen molar-refractivity contribution < 1.29 is 4.74 Å². The third kappa shape index (κ3) is 3.67. The summed E-state index contributed by atoms with van der Waals surface area (Å²) in [5, 5.41) is 0.754. The van der Waals surface area contributed by atoms with Crippen LogP contribution >= 0.6 is 27.5 Å². The summed E-state index contributed by atoms with van der Waals surface area (Å²) in [7, 11) is 0. The van der Waals surface area contributed by atoms with Crippen LogP contribution in [0.25, 0.3) is 0 Å². The van der Waals surface area contributed by atoms with Gasteiger partial charge in [0.2, 0.25) is 0 Å². The summed E-state index contributed by atoms with van der Waals surface area (Å²) in [6, 6.07) is 5.76. The van der Waals surface area contributed by atoms with Crippen molar-refractivity contribution in [1.29, 1.82) is 0 Å².